The highest BCUT2D eigenvalue weighted by molar-refractivity contribution is 6.31. The molecule has 0 spiro atoms. The van der Waals surface area contributed by atoms with Crippen LogP contribution in [0.15, 0.2) is 54.6 Å². The number of nitrogens with two attached hydrogens (primary N) is 1. The van der Waals surface area contributed by atoms with Crippen molar-refractivity contribution in [2.45, 2.75) is 6.92 Å². The monoisotopic (exact) mass is 345 g/mol. The second kappa shape index (κ2) is 5.74. The number of para-hydroxylation sites is 1. The first-order valence-electron chi connectivity index (χ1n) is 8.05. The lowest BCUT2D eigenvalue weighted by Gasteiger charge is -2.22. The molecule has 1 aliphatic rings. The van der Waals surface area contributed by atoms with Crippen LogP contribution in [0.4, 0.5) is 5.69 Å². The maximum absolute atomic E-state index is 12.9. The van der Waals surface area contributed by atoms with E-state index in [9.17, 15) is 14.7 Å². The molecule has 0 unspecified atom stereocenters. The molecule has 0 atom stereocenters. The van der Waals surface area contributed by atoms with Gasteiger partial charge in [0.25, 0.3) is 0 Å². The molecule has 1 aliphatic carbocycles. The molecule has 0 bridgehead atoms. The molecule has 3 N–H and O–H groups in total. The maximum atomic E-state index is 12.9. The van der Waals surface area contributed by atoms with Crippen molar-refractivity contribution in [3.05, 3.63) is 82.4 Å². The Bertz CT molecular complexity index is 1070. The van der Waals surface area contributed by atoms with E-state index in [1.54, 1.807) is 42.5 Å². The number of aromatic hydroxyl groups is 1. The van der Waals surface area contributed by atoms with E-state index in [4.69, 9.17) is 10.5 Å². The number of ether oxygens (including phenoxy) is 1. The Hall–Kier alpha value is -3.60. The molecule has 128 valence electrons. The molecule has 0 saturated heterocycles. The SMILES string of the molecule is Cc1ccc2c(c1)C(=O)c1c(O)cc(Oc3ccccc3)c(N)c1C2=O. The van der Waals surface area contributed by atoms with Crippen LogP contribution in [0.5, 0.6) is 17.2 Å². The number of nitrogen functional groups attached to an aromatic ring is 1. The van der Waals surface area contributed by atoms with Crippen LogP contribution in [0.2, 0.25) is 0 Å². The number of carbonyl (C=O) groups is 2. The second-order valence-electron chi connectivity index (χ2n) is 6.18. The Labute approximate surface area is 149 Å². The molecule has 4 rings (SSSR count). The van der Waals surface area contributed by atoms with Gasteiger partial charge in [-0.3, -0.25) is 9.59 Å². The molecule has 0 aliphatic heterocycles. The highest BCUT2D eigenvalue weighted by Crippen LogP contribution is 2.42. The van der Waals surface area contributed by atoms with E-state index in [0.717, 1.165) is 5.56 Å². The van der Waals surface area contributed by atoms with Gasteiger partial charge in [-0.05, 0) is 25.1 Å². The van der Waals surface area contributed by atoms with Crippen molar-refractivity contribution >= 4 is 17.3 Å². The number of anilines is 1. The summed E-state index contributed by atoms with van der Waals surface area (Å²) in [6.07, 6.45) is 0. The first-order chi connectivity index (χ1) is 12.5. The molecular weight excluding hydrogens is 330 g/mol. The van der Waals surface area contributed by atoms with Crippen molar-refractivity contribution in [2.24, 2.45) is 0 Å². The average molecular weight is 345 g/mol. The van der Waals surface area contributed by atoms with Gasteiger partial charge in [0.2, 0.25) is 0 Å². The number of fused-ring (bicyclic) bond motifs is 2. The number of ketones is 2. The third-order valence-corrected chi connectivity index (χ3v) is 4.40. The largest absolute Gasteiger partial charge is 0.507 e. The molecule has 0 amide bonds. The van der Waals surface area contributed by atoms with Gasteiger partial charge in [0.05, 0.1) is 16.8 Å². The van der Waals surface area contributed by atoms with Crippen LogP contribution in [-0.4, -0.2) is 16.7 Å². The van der Waals surface area contributed by atoms with Crippen LogP contribution in [-0.2, 0) is 0 Å². The Morgan fingerprint density at radius 2 is 1.58 bits per heavy atom. The summed E-state index contributed by atoms with van der Waals surface area (Å²) >= 11 is 0. The van der Waals surface area contributed by atoms with Gasteiger partial charge in [-0.25, -0.2) is 0 Å². The molecule has 0 aromatic heterocycles. The van der Waals surface area contributed by atoms with Crippen LogP contribution < -0.4 is 10.5 Å². The number of hydrogen-bond donors (Lipinski definition) is 2. The van der Waals surface area contributed by atoms with Crippen molar-refractivity contribution in [1.29, 1.82) is 0 Å². The van der Waals surface area contributed by atoms with Crippen LogP contribution in [0, 0.1) is 6.92 Å². The first kappa shape index (κ1) is 15.9. The van der Waals surface area contributed by atoms with E-state index in [-0.39, 0.29) is 39.4 Å². The van der Waals surface area contributed by atoms with Crippen molar-refractivity contribution in [1.82, 2.24) is 0 Å². The zero-order chi connectivity index (χ0) is 18.4. The number of rotatable bonds is 2. The highest BCUT2D eigenvalue weighted by Gasteiger charge is 2.35. The minimum atomic E-state index is -0.422. The lowest BCUT2D eigenvalue weighted by Crippen LogP contribution is -2.23. The minimum Gasteiger partial charge on any atom is -0.507 e. The molecule has 3 aromatic rings. The van der Waals surface area contributed by atoms with Gasteiger partial charge in [-0.2, -0.15) is 0 Å². The van der Waals surface area contributed by atoms with E-state index in [1.807, 2.05) is 13.0 Å². The molecular formula is C21H15NO4. The van der Waals surface area contributed by atoms with E-state index in [1.165, 1.54) is 6.07 Å². The summed E-state index contributed by atoms with van der Waals surface area (Å²) in [7, 11) is 0. The third-order valence-electron chi connectivity index (χ3n) is 4.40. The fourth-order valence-electron chi connectivity index (χ4n) is 3.14. The fourth-order valence-corrected chi connectivity index (χ4v) is 3.14. The summed E-state index contributed by atoms with van der Waals surface area (Å²) in [5.41, 5.74) is 7.49. The number of phenolic OH excluding ortho intramolecular Hbond substituents is 1. The van der Waals surface area contributed by atoms with E-state index in [0.29, 0.717) is 5.75 Å². The smallest absolute Gasteiger partial charge is 0.198 e. The van der Waals surface area contributed by atoms with Gasteiger partial charge >= 0.3 is 0 Å². The Balaban J connectivity index is 1.90. The molecule has 5 nitrogen and oxygen atoms in total. The van der Waals surface area contributed by atoms with Gasteiger partial charge in [-0.1, -0.05) is 35.9 Å². The number of carbonyl (C=O) groups excluding carboxylic acids is 2. The van der Waals surface area contributed by atoms with Crippen molar-refractivity contribution < 1.29 is 19.4 Å². The predicted octanol–water partition coefficient (Wildman–Crippen LogP) is 3.85. The number of aryl methyl sites for hydroxylation is 1. The maximum Gasteiger partial charge on any atom is 0.198 e. The predicted molar refractivity (Wildman–Crippen MR) is 97.1 cm³/mol. The molecule has 0 fully saturated rings. The molecule has 0 saturated carbocycles. The summed E-state index contributed by atoms with van der Waals surface area (Å²) in [5.74, 6) is -0.520. The summed E-state index contributed by atoms with van der Waals surface area (Å²) < 4.78 is 5.70. The first-order valence-corrected chi connectivity index (χ1v) is 8.05. The number of hydrogen-bond acceptors (Lipinski definition) is 5. The molecule has 26 heavy (non-hydrogen) atoms. The molecule has 0 heterocycles. The summed E-state index contributed by atoms with van der Waals surface area (Å²) in [4.78, 5) is 25.8. The Morgan fingerprint density at radius 3 is 2.31 bits per heavy atom. The lowest BCUT2D eigenvalue weighted by molar-refractivity contribution is 0.0977. The normalized spacial score (nSPS) is 12.5. The topological polar surface area (TPSA) is 89.6 Å². The molecule has 5 heteroatoms. The molecule has 3 aromatic carbocycles. The zero-order valence-corrected chi connectivity index (χ0v) is 13.9. The average Bonchev–Trinajstić information content (AvgIpc) is 2.63. The third kappa shape index (κ3) is 2.33. The lowest BCUT2D eigenvalue weighted by atomic mass is 9.82. The van der Waals surface area contributed by atoms with Crippen molar-refractivity contribution in [2.75, 3.05) is 5.73 Å². The van der Waals surface area contributed by atoms with Gasteiger partial charge in [-0.15, -0.1) is 0 Å². The van der Waals surface area contributed by atoms with Crippen molar-refractivity contribution in [3.63, 3.8) is 0 Å². The van der Waals surface area contributed by atoms with Crippen LogP contribution in [0.25, 0.3) is 0 Å². The zero-order valence-electron chi connectivity index (χ0n) is 13.9. The van der Waals surface area contributed by atoms with Crippen LogP contribution in [0.1, 0.15) is 37.4 Å². The highest BCUT2D eigenvalue weighted by atomic mass is 16.5. The van der Waals surface area contributed by atoms with Gasteiger partial charge in [0, 0.05) is 17.2 Å². The van der Waals surface area contributed by atoms with Gasteiger partial charge in [0.15, 0.2) is 17.3 Å². The van der Waals surface area contributed by atoms with Crippen molar-refractivity contribution in [3.8, 4) is 17.2 Å². The Morgan fingerprint density at radius 1 is 0.885 bits per heavy atom. The van der Waals surface area contributed by atoms with Gasteiger partial charge < -0.3 is 15.6 Å². The standard InChI is InChI=1S/C21H15NO4/c1-11-7-8-13-14(9-11)21(25)17-15(23)10-16(19(22)18(17)20(13)24)26-12-5-3-2-4-6-12/h2-10,23H,22H2,1H3. The van der Waals surface area contributed by atoms with Crippen LogP contribution >= 0.6 is 0 Å². The minimum absolute atomic E-state index is 0.0164. The van der Waals surface area contributed by atoms with Crippen LogP contribution in [0.3, 0.4) is 0 Å². The fraction of sp³-hybridized carbons (Fsp3) is 0.0476. The number of phenols is 1. The quantitative estimate of drug-likeness (QED) is 0.425. The summed E-state index contributed by atoms with van der Waals surface area (Å²) in [6, 6.07) is 15.1. The van der Waals surface area contributed by atoms with E-state index >= 15 is 0 Å². The van der Waals surface area contributed by atoms with E-state index < -0.39 is 11.6 Å². The molecule has 0 radical (unpaired) electrons. The van der Waals surface area contributed by atoms with E-state index in [2.05, 4.69) is 0 Å². The second-order valence-corrected chi connectivity index (χ2v) is 6.18. The van der Waals surface area contributed by atoms with Gasteiger partial charge in [0.1, 0.15) is 11.5 Å². The Kier molecular flexibility index (Phi) is 3.51. The summed E-state index contributed by atoms with van der Waals surface area (Å²) in [6.45, 7) is 1.83. The number of benzene rings is 3. The summed E-state index contributed by atoms with van der Waals surface area (Å²) in [5, 5.41) is 10.4.